The molecule has 104 valence electrons. The number of carboxylic acids is 1. The lowest BCUT2D eigenvalue weighted by Gasteiger charge is -2.11. The van der Waals surface area contributed by atoms with Crippen LogP contribution in [0.1, 0.15) is 36.0 Å². The van der Waals surface area contributed by atoms with Gasteiger partial charge in [-0.3, -0.25) is 4.79 Å². The Balaban J connectivity index is 1.72. The summed E-state index contributed by atoms with van der Waals surface area (Å²) in [5, 5.41) is 21.3. The summed E-state index contributed by atoms with van der Waals surface area (Å²) in [7, 11) is 0. The molecule has 0 fully saturated rings. The van der Waals surface area contributed by atoms with E-state index >= 15 is 0 Å². The number of carbonyl (C=O) groups is 1. The van der Waals surface area contributed by atoms with Gasteiger partial charge in [0.05, 0.1) is 6.10 Å². The molecule has 1 aromatic rings. The number of carboxylic acid groups (broad SMARTS) is 1. The maximum Gasteiger partial charge on any atom is 0.303 e. The quantitative estimate of drug-likeness (QED) is 0.697. The molecule has 0 saturated carbocycles. The van der Waals surface area contributed by atoms with Crippen molar-refractivity contribution >= 4 is 5.97 Å². The van der Waals surface area contributed by atoms with Crippen molar-refractivity contribution in [2.45, 2.75) is 44.8 Å². The molecule has 0 saturated heterocycles. The summed E-state index contributed by atoms with van der Waals surface area (Å²) < 4.78 is 0. The van der Waals surface area contributed by atoms with Crippen LogP contribution in [0.5, 0.6) is 0 Å². The van der Waals surface area contributed by atoms with Crippen LogP contribution in [0.2, 0.25) is 0 Å². The van der Waals surface area contributed by atoms with E-state index in [0.29, 0.717) is 13.0 Å². The summed E-state index contributed by atoms with van der Waals surface area (Å²) in [5.41, 5.74) is 4.14. The third-order valence-corrected chi connectivity index (χ3v) is 3.56. The number of fused-ring (bicyclic) bond motifs is 1. The van der Waals surface area contributed by atoms with E-state index in [-0.39, 0.29) is 6.42 Å². The number of aliphatic hydroxyl groups is 1. The van der Waals surface area contributed by atoms with Crippen LogP contribution < -0.4 is 5.32 Å². The fourth-order valence-electron chi connectivity index (χ4n) is 2.51. The zero-order valence-corrected chi connectivity index (χ0v) is 11.1. The second-order valence-corrected chi connectivity index (χ2v) is 5.17. The minimum Gasteiger partial charge on any atom is -0.481 e. The van der Waals surface area contributed by atoms with Gasteiger partial charge < -0.3 is 15.5 Å². The summed E-state index contributed by atoms with van der Waals surface area (Å²) in [6, 6.07) is 6.56. The second kappa shape index (κ2) is 6.68. The highest BCUT2D eigenvalue weighted by Gasteiger charge is 2.11. The summed E-state index contributed by atoms with van der Waals surface area (Å²) in [4.78, 5) is 10.4. The van der Waals surface area contributed by atoms with Gasteiger partial charge in [0, 0.05) is 19.5 Å². The Hall–Kier alpha value is -1.39. The van der Waals surface area contributed by atoms with Crippen LogP contribution in [-0.4, -0.2) is 28.8 Å². The lowest BCUT2D eigenvalue weighted by molar-refractivity contribution is -0.137. The van der Waals surface area contributed by atoms with E-state index in [0.717, 1.165) is 6.54 Å². The van der Waals surface area contributed by atoms with Crippen LogP contribution in [0.4, 0.5) is 0 Å². The van der Waals surface area contributed by atoms with E-state index < -0.39 is 12.1 Å². The zero-order valence-electron chi connectivity index (χ0n) is 11.1. The van der Waals surface area contributed by atoms with Gasteiger partial charge in [0.1, 0.15) is 0 Å². The fraction of sp³-hybridized carbons (Fsp3) is 0.533. The van der Waals surface area contributed by atoms with E-state index in [1.807, 2.05) is 0 Å². The van der Waals surface area contributed by atoms with Crippen molar-refractivity contribution < 1.29 is 15.0 Å². The van der Waals surface area contributed by atoms with E-state index in [4.69, 9.17) is 5.11 Å². The van der Waals surface area contributed by atoms with Crippen molar-refractivity contribution in [3.05, 3.63) is 34.9 Å². The van der Waals surface area contributed by atoms with Crippen molar-refractivity contribution in [1.29, 1.82) is 0 Å². The number of rotatable bonds is 7. The van der Waals surface area contributed by atoms with Crippen molar-refractivity contribution in [3.63, 3.8) is 0 Å². The number of hydrogen-bond acceptors (Lipinski definition) is 3. The van der Waals surface area contributed by atoms with E-state index in [1.165, 1.54) is 36.0 Å². The van der Waals surface area contributed by atoms with E-state index in [2.05, 4.69) is 23.5 Å². The van der Waals surface area contributed by atoms with Crippen molar-refractivity contribution in [1.82, 2.24) is 5.32 Å². The van der Waals surface area contributed by atoms with Crippen LogP contribution in [-0.2, 0) is 24.2 Å². The molecule has 0 radical (unpaired) electrons. The molecule has 3 N–H and O–H groups in total. The van der Waals surface area contributed by atoms with Gasteiger partial charge in [-0.2, -0.15) is 0 Å². The molecular formula is C15H21NO3. The Bertz CT molecular complexity index is 445. The average Bonchev–Trinajstić information content (AvgIpc) is 2.83. The third-order valence-electron chi connectivity index (χ3n) is 3.56. The largest absolute Gasteiger partial charge is 0.481 e. The van der Waals surface area contributed by atoms with E-state index in [9.17, 15) is 9.90 Å². The Morgan fingerprint density at radius 1 is 1.32 bits per heavy atom. The number of nitrogens with one attached hydrogen (secondary N) is 1. The van der Waals surface area contributed by atoms with Gasteiger partial charge in [-0.1, -0.05) is 18.2 Å². The molecule has 0 aromatic heterocycles. The first-order chi connectivity index (χ1) is 9.15. The van der Waals surface area contributed by atoms with Crippen LogP contribution in [0.15, 0.2) is 18.2 Å². The molecule has 1 aromatic carbocycles. The number of hydrogen-bond donors (Lipinski definition) is 3. The van der Waals surface area contributed by atoms with Crippen LogP contribution in [0.25, 0.3) is 0 Å². The standard InChI is InChI=1S/C15H21NO3/c17-14(6-7-15(18)19)10-16-9-11-4-5-12-2-1-3-13(12)8-11/h4-5,8,14,16-17H,1-3,6-7,9-10H2,(H,18,19). The van der Waals surface area contributed by atoms with Gasteiger partial charge in [0.2, 0.25) is 0 Å². The predicted molar refractivity (Wildman–Crippen MR) is 73.1 cm³/mol. The number of benzene rings is 1. The highest BCUT2D eigenvalue weighted by molar-refractivity contribution is 5.66. The molecule has 1 aliphatic rings. The maximum absolute atomic E-state index is 10.4. The SMILES string of the molecule is O=C(O)CCC(O)CNCc1ccc2c(c1)CCC2. The first-order valence-corrected chi connectivity index (χ1v) is 6.86. The smallest absolute Gasteiger partial charge is 0.303 e. The molecule has 4 nitrogen and oxygen atoms in total. The lowest BCUT2D eigenvalue weighted by atomic mass is 10.1. The molecule has 0 amide bonds. The van der Waals surface area contributed by atoms with Gasteiger partial charge in [0.15, 0.2) is 0 Å². The molecule has 0 bridgehead atoms. The minimum atomic E-state index is -0.863. The molecule has 1 unspecified atom stereocenters. The number of aryl methyl sites for hydroxylation is 2. The molecule has 4 heteroatoms. The monoisotopic (exact) mass is 263 g/mol. The van der Waals surface area contributed by atoms with Gasteiger partial charge in [-0.25, -0.2) is 0 Å². The highest BCUT2D eigenvalue weighted by Crippen LogP contribution is 2.22. The Labute approximate surface area is 113 Å². The van der Waals surface area contributed by atoms with Crippen LogP contribution in [0, 0.1) is 0 Å². The third kappa shape index (κ3) is 4.33. The molecule has 0 aliphatic heterocycles. The Morgan fingerprint density at radius 3 is 2.89 bits per heavy atom. The molecular weight excluding hydrogens is 242 g/mol. The van der Waals surface area contributed by atoms with Gasteiger partial charge in [-0.15, -0.1) is 0 Å². The Kier molecular flexibility index (Phi) is 4.93. The summed E-state index contributed by atoms with van der Waals surface area (Å²) in [5.74, 6) is -0.863. The summed E-state index contributed by atoms with van der Waals surface area (Å²) in [6.07, 6.45) is 3.33. The maximum atomic E-state index is 10.4. The molecule has 1 atom stereocenters. The number of aliphatic hydroxyl groups excluding tert-OH is 1. The summed E-state index contributed by atoms with van der Waals surface area (Å²) >= 11 is 0. The van der Waals surface area contributed by atoms with Crippen molar-refractivity contribution in [2.75, 3.05) is 6.54 Å². The first kappa shape index (κ1) is 14.0. The van der Waals surface area contributed by atoms with Gasteiger partial charge in [-0.05, 0) is 42.4 Å². The van der Waals surface area contributed by atoms with Gasteiger partial charge in [0.25, 0.3) is 0 Å². The van der Waals surface area contributed by atoms with Crippen molar-refractivity contribution in [2.24, 2.45) is 0 Å². The zero-order chi connectivity index (χ0) is 13.7. The molecule has 0 spiro atoms. The molecule has 1 aliphatic carbocycles. The first-order valence-electron chi connectivity index (χ1n) is 6.86. The topological polar surface area (TPSA) is 69.6 Å². The Morgan fingerprint density at radius 2 is 2.11 bits per heavy atom. The predicted octanol–water partition coefficient (Wildman–Crippen LogP) is 1.49. The fourth-order valence-corrected chi connectivity index (χ4v) is 2.51. The lowest BCUT2D eigenvalue weighted by Crippen LogP contribution is -2.27. The van der Waals surface area contributed by atoms with E-state index in [1.54, 1.807) is 0 Å². The molecule has 2 rings (SSSR count). The molecule has 0 heterocycles. The normalized spacial score (nSPS) is 15.2. The number of aliphatic carboxylic acids is 1. The van der Waals surface area contributed by atoms with Crippen molar-refractivity contribution in [3.8, 4) is 0 Å². The summed E-state index contributed by atoms with van der Waals surface area (Å²) in [6.45, 7) is 1.15. The highest BCUT2D eigenvalue weighted by atomic mass is 16.4. The minimum absolute atomic E-state index is 0.0156. The average molecular weight is 263 g/mol. The van der Waals surface area contributed by atoms with Gasteiger partial charge >= 0.3 is 5.97 Å². The second-order valence-electron chi connectivity index (χ2n) is 5.17. The van der Waals surface area contributed by atoms with Crippen LogP contribution >= 0.6 is 0 Å². The van der Waals surface area contributed by atoms with Crippen LogP contribution in [0.3, 0.4) is 0 Å². The molecule has 19 heavy (non-hydrogen) atoms.